The monoisotopic (exact) mass is 231 g/mol. The molecule has 0 fully saturated rings. The minimum atomic E-state index is 0. The summed E-state index contributed by atoms with van der Waals surface area (Å²) < 4.78 is 0. The van der Waals surface area contributed by atoms with Crippen LogP contribution in [0.15, 0.2) is 0 Å². The Balaban J connectivity index is -0.000000616. The SMILES string of the molecule is CC.CCCCCCC(=O)NCC(C)(C)C.[HH]. The van der Waals surface area contributed by atoms with Crippen molar-refractivity contribution < 1.29 is 6.22 Å². The van der Waals surface area contributed by atoms with Crippen LogP contribution in [0.3, 0.4) is 0 Å². The van der Waals surface area contributed by atoms with E-state index in [1.54, 1.807) is 0 Å². The molecule has 1 amide bonds. The Morgan fingerprint density at radius 2 is 1.69 bits per heavy atom. The number of carbonyl (C=O) groups excluding carboxylic acids is 1. The molecule has 100 valence electrons. The molecule has 0 heterocycles. The van der Waals surface area contributed by atoms with E-state index in [0.717, 1.165) is 13.0 Å². The maximum atomic E-state index is 11.3. The Hall–Kier alpha value is -0.530. The van der Waals surface area contributed by atoms with Crippen LogP contribution in [0.5, 0.6) is 0 Å². The van der Waals surface area contributed by atoms with E-state index < -0.39 is 0 Å². The van der Waals surface area contributed by atoms with Crippen LogP contribution in [0.2, 0.25) is 0 Å². The summed E-state index contributed by atoms with van der Waals surface area (Å²) in [4.78, 5) is 11.3. The van der Waals surface area contributed by atoms with Crippen molar-refractivity contribution >= 4 is 5.91 Å². The van der Waals surface area contributed by atoms with E-state index in [1.165, 1.54) is 19.3 Å². The summed E-state index contributed by atoms with van der Waals surface area (Å²) in [5, 5.41) is 2.96. The van der Waals surface area contributed by atoms with Crippen molar-refractivity contribution in [3.63, 3.8) is 0 Å². The molecule has 0 aromatic carbocycles. The lowest BCUT2D eigenvalue weighted by Crippen LogP contribution is -2.31. The zero-order valence-corrected chi connectivity index (χ0v) is 12.2. The fourth-order valence-electron chi connectivity index (χ4n) is 1.16. The molecular formula is C14H33NO. The fraction of sp³-hybridized carbons (Fsp3) is 0.929. The number of amides is 1. The van der Waals surface area contributed by atoms with Gasteiger partial charge in [0.1, 0.15) is 0 Å². The van der Waals surface area contributed by atoms with E-state index in [-0.39, 0.29) is 12.7 Å². The van der Waals surface area contributed by atoms with Crippen LogP contribution < -0.4 is 5.32 Å². The van der Waals surface area contributed by atoms with E-state index in [2.05, 4.69) is 33.0 Å². The van der Waals surface area contributed by atoms with Crippen LogP contribution in [-0.4, -0.2) is 12.5 Å². The molecule has 1 N–H and O–H groups in total. The van der Waals surface area contributed by atoms with E-state index in [1.807, 2.05) is 13.8 Å². The average molecular weight is 231 g/mol. The first-order chi connectivity index (χ1) is 7.45. The topological polar surface area (TPSA) is 29.1 Å². The maximum Gasteiger partial charge on any atom is 0.220 e. The van der Waals surface area contributed by atoms with Gasteiger partial charge in [-0.2, -0.15) is 0 Å². The zero-order valence-electron chi connectivity index (χ0n) is 12.2. The van der Waals surface area contributed by atoms with E-state index in [4.69, 9.17) is 0 Å². The number of unbranched alkanes of at least 4 members (excludes halogenated alkanes) is 3. The molecule has 0 bridgehead atoms. The number of carbonyl (C=O) groups is 1. The molecule has 0 atom stereocenters. The third kappa shape index (κ3) is 15.9. The number of nitrogens with one attached hydrogen (secondary N) is 1. The van der Waals surface area contributed by atoms with Gasteiger partial charge in [-0.1, -0.05) is 60.8 Å². The van der Waals surface area contributed by atoms with Crippen molar-refractivity contribution in [2.45, 2.75) is 73.6 Å². The first-order valence-corrected chi connectivity index (χ1v) is 6.72. The highest BCUT2D eigenvalue weighted by Crippen LogP contribution is 2.10. The number of rotatable bonds is 6. The summed E-state index contributed by atoms with van der Waals surface area (Å²) in [5.74, 6) is 0.205. The third-order valence-corrected chi connectivity index (χ3v) is 2.07. The summed E-state index contributed by atoms with van der Waals surface area (Å²) in [5.41, 5.74) is 0.194. The molecule has 0 radical (unpaired) electrons. The predicted octanol–water partition coefficient (Wildman–Crippen LogP) is 4.39. The van der Waals surface area contributed by atoms with Crippen LogP contribution >= 0.6 is 0 Å². The standard InChI is InChI=1S/C12H25NO.C2H6.H2/c1-5-6-7-8-9-11(14)13-10-12(2,3)4;1-2;/h5-10H2,1-4H3,(H,13,14);1-2H3;1H. The van der Waals surface area contributed by atoms with Crippen molar-refractivity contribution in [3.05, 3.63) is 0 Å². The molecule has 0 spiro atoms. The summed E-state index contributed by atoms with van der Waals surface area (Å²) in [6, 6.07) is 0. The minimum Gasteiger partial charge on any atom is -0.356 e. The quantitative estimate of drug-likeness (QED) is 0.675. The summed E-state index contributed by atoms with van der Waals surface area (Å²) in [6.07, 6.45) is 5.37. The Morgan fingerprint density at radius 1 is 1.12 bits per heavy atom. The lowest BCUT2D eigenvalue weighted by atomic mass is 9.97. The second-order valence-electron chi connectivity index (χ2n) is 5.15. The van der Waals surface area contributed by atoms with Crippen LogP contribution in [0.4, 0.5) is 0 Å². The lowest BCUT2D eigenvalue weighted by Gasteiger charge is -2.18. The lowest BCUT2D eigenvalue weighted by molar-refractivity contribution is -0.121. The molecule has 0 aromatic rings. The van der Waals surface area contributed by atoms with Gasteiger partial charge in [0.05, 0.1) is 0 Å². The van der Waals surface area contributed by atoms with Crippen molar-refractivity contribution in [3.8, 4) is 0 Å². The van der Waals surface area contributed by atoms with Crippen LogP contribution in [0.25, 0.3) is 0 Å². The molecule has 0 aromatic heterocycles. The molecule has 0 unspecified atom stereocenters. The highest BCUT2D eigenvalue weighted by molar-refractivity contribution is 5.75. The smallest absolute Gasteiger partial charge is 0.220 e. The molecule has 16 heavy (non-hydrogen) atoms. The second-order valence-corrected chi connectivity index (χ2v) is 5.15. The van der Waals surface area contributed by atoms with Crippen molar-refractivity contribution in [1.82, 2.24) is 5.32 Å². The van der Waals surface area contributed by atoms with Crippen LogP contribution in [0.1, 0.15) is 75.1 Å². The van der Waals surface area contributed by atoms with Gasteiger partial charge in [0, 0.05) is 14.4 Å². The molecule has 0 rings (SSSR count). The number of hydrogen-bond acceptors (Lipinski definition) is 1. The van der Waals surface area contributed by atoms with E-state index in [9.17, 15) is 4.79 Å². The Morgan fingerprint density at radius 3 is 2.12 bits per heavy atom. The van der Waals surface area contributed by atoms with Gasteiger partial charge in [-0.3, -0.25) is 4.79 Å². The largest absolute Gasteiger partial charge is 0.356 e. The average Bonchev–Trinajstić information content (AvgIpc) is 2.23. The second kappa shape index (κ2) is 11.0. The van der Waals surface area contributed by atoms with Gasteiger partial charge >= 0.3 is 0 Å². The highest BCUT2D eigenvalue weighted by Gasteiger charge is 2.11. The van der Waals surface area contributed by atoms with Gasteiger partial charge < -0.3 is 5.32 Å². The van der Waals surface area contributed by atoms with Gasteiger partial charge in [0.25, 0.3) is 0 Å². The van der Waals surface area contributed by atoms with Crippen molar-refractivity contribution in [1.29, 1.82) is 0 Å². The summed E-state index contributed by atoms with van der Waals surface area (Å²) >= 11 is 0. The van der Waals surface area contributed by atoms with Gasteiger partial charge in [-0.25, -0.2) is 0 Å². The van der Waals surface area contributed by atoms with Gasteiger partial charge in [-0.05, 0) is 11.8 Å². The molecule has 0 saturated carbocycles. The van der Waals surface area contributed by atoms with Crippen molar-refractivity contribution in [2.24, 2.45) is 5.41 Å². The maximum absolute atomic E-state index is 11.3. The van der Waals surface area contributed by atoms with Gasteiger partial charge in [0.2, 0.25) is 5.91 Å². The minimum absolute atomic E-state index is 0. The van der Waals surface area contributed by atoms with Crippen LogP contribution in [-0.2, 0) is 4.79 Å². The molecule has 0 saturated heterocycles. The zero-order chi connectivity index (χ0) is 13.0. The first kappa shape index (κ1) is 17.9. The summed E-state index contributed by atoms with van der Waals surface area (Å²) in [7, 11) is 0. The predicted molar refractivity (Wildman–Crippen MR) is 74.7 cm³/mol. The van der Waals surface area contributed by atoms with Crippen LogP contribution in [0, 0.1) is 5.41 Å². The van der Waals surface area contributed by atoms with E-state index in [0.29, 0.717) is 6.42 Å². The van der Waals surface area contributed by atoms with Crippen molar-refractivity contribution in [2.75, 3.05) is 6.54 Å². The third-order valence-electron chi connectivity index (χ3n) is 2.07. The normalized spacial score (nSPS) is 10.4. The molecule has 0 aliphatic rings. The molecule has 2 nitrogen and oxygen atoms in total. The summed E-state index contributed by atoms with van der Waals surface area (Å²) in [6.45, 7) is 13.3. The molecule has 0 aliphatic heterocycles. The molecular weight excluding hydrogens is 198 g/mol. The molecule has 0 aliphatic carbocycles. The van der Waals surface area contributed by atoms with E-state index >= 15 is 0 Å². The Kier molecular flexibility index (Phi) is 12.2. The van der Waals surface area contributed by atoms with Gasteiger partial charge in [0.15, 0.2) is 0 Å². The Labute approximate surface area is 104 Å². The first-order valence-electron chi connectivity index (χ1n) is 6.72. The molecule has 2 heteroatoms. The van der Waals surface area contributed by atoms with Gasteiger partial charge in [-0.15, -0.1) is 0 Å². The fourth-order valence-corrected chi connectivity index (χ4v) is 1.16. The highest BCUT2D eigenvalue weighted by atomic mass is 16.1. The number of hydrogen-bond donors (Lipinski definition) is 1. The Bertz CT molecular complexity index is 164.